The number of nitriles is 1. The number of Topliss-reactive ketones (excluding diaryl/α,β-unsaturated/α-hetero) is 1. The van der Waals surface area contributed by atoms with E-state index in [9.17, 15) is 9.59 Å². The number of methoxy groups -OCH3 is 1. The van der Waals surface area contributed by atoms with Gasteiger partial charge in [0.1, 0.15) is 11.5 Å². The number of carbonyl (C=O) groups is 2. The Bertz CT molecular complexity index is 697. The van der Waals surface area contributed by atoms with E-state index in [0.29, 0.717) is 11.3 Å². The van der Waals surface area contributed by atoms with E-state index in [1.807, 2.05) is 6.07 Å². The molecular weight excluding hydrogens is 270 g/mol. The minimum atomic E-state index is -0.982. The summed E-state index contributed by atoms with van der Waals surface area (Å²) in [5.74, 6) is -0.931. The first-order chi connectivity index (χ1) is 10.1. The first-order valence-electron chi connectivity index (χ1n) is 6.05. The molecule has 0 radical (unpaired) electrons. The summed E-state index contributed by atoms with van der Waals surface area (Å²) in [6, 6.07) is 14.0. The zero-order chi connectivity index (χ0) is 15.2. The number of hydrogen-bond donors (Lipinski definition) is 0. The number of hydrogen-bond acceptors (Lipinski definition) is 5. The Hall–Kier alpha value is -3.13. The van der Waals surface area contributed by atoms with Crippen LogP contribution in [0.2, 0.25) is 0 Å². The number of benzene rings is 2. The van der Waals surface area contributed by atoms with E-state index in [2.05, 4.69) is 0 Å². The Kier molecular flexibility index (Phi) is 4.32. The molecule has 0 saturated carbocycles. The molecule has 2 rings (SSSR count). The van der Waals surface area contributed by atoms with Gasteiger partial charge < -0.3 is 9.47 Å². The maximum absolute atomic E-state index is 11.9. The highest BCUT2D eigenvalue weighted by atomic mass is 16.5. The molecule has 0 saturated heterocycles. The molecule has 0 aliphatic rings. The molecule has 0 aliphatic heterocycles. The molecule has 0 aromatic heterocycles. The largest absolute Gasteiger partial charge is 0.497 e. The van der Waals surface area contributed by atoms with E-state index in [1.165, 1.54) is 43.5 Å². The van der Waals surface area contributed by atoms with Crippen molar-refractivity contribution >= 4 is 11.8 Å². The molecule has 0 atom stereocenters. The molecule has 0 aliphatic carbocycles. The topological polar surface area (TPSA) is 76.4 Å². The second-order valence-electron chi connectivity index (χ2n) is 4.08. The Morgan fingerprint density at radius 2 is 1.52 bits per heavy atom. The van der Waals surface area contributed by atoms with Crippen LogP contribution in [0.25, 0.3) is 0 Å². The summed E-state index contributed by atoms with van der Waals surface area (Å²) < 4.78 is 9.93. The summed E-state index contributed by atoms with van der Waals surface area (Å²) in [6.07, 6.45) is 0. The maximum Gasteiger partial charge on any atom is 0.385 e. The van der Waals surface area contributed by atoms with E-state index in [4.69, 9.17) is 14.7 Å². The third kappa shape index (κ3) is 3.45. The number of carbonyl (C=O) groups excluding carboxylic acids is 2. The number of esters is 1. The third-order valence-corrected chi connectivity index (χ3v) is 2.73. The summed E-state index contributed by atoms with van der Waals surface area (Å²) >= 11 is 0. The molecule has 2 aromatic carbocycles. The van der Waals surface area contributed by atoms with E-state index in [0.717, 1.165) is 0 Å². The van der Waals surface area contributed by atoms with Crippen LogP contribution in [0.5, 0.6) is 11.5 Å². The lowest BCUT2D eigenvalue weighted by Crippen LogP contribution is -2.20. The summed E-state index contributed by atoms with van der Waals surface area (Å²) in [7, 11) is 1.51. The zero-order valence-electron chi connectivity index (χ0n) is 11.2. The van der Waals surface area contributed by atoms with Gasteiger partial charge in [-0.05, 0) is 48.5 Å². The van der Waals surface area contributed by atoms with Crippen LogP contribution in [-0.2, 0) is 4.79 Å². The van der Waals surface area contributed by atoms with E-state index >= 15 is 0 Å². The molecule has 5 nitrogen and oxygen atoms in total. The first-order valence-corrected chi connectivity index (χ1v) is 6.05. The van der Waals surface area contributed by atoms with Crippen LogP contribution < -0.4 is 9.47 Å². The number of ketones is 1. The number of ether oxygens (including phenoxy) is 2. The van der Waals surface area contributed by atoms with Gasteiger partial charge in [-0.1, -0.05) is 0 Å². The molecule has 0 unspecified atom stereocenters. The molecule has 0 spiro atoms. The van der Waals surface area contributed by atoms with E-state index in [-0.39, 0.29) is 11.3 Å². The quantitative estimate of drug-likeness (QED) is 0.372. The molecule has 0 fully saturated rings. The molecule has 21 heavy (non-hydrogen) atoms. The Morgan fingerprint density at radius 1 is 0.952 bits per heavy atom. The van der Waals surface area contributed by atoms with Crippen LogP contribution in [0.15, 0.2) is 48.5 Å². The predicted octanol–water partition coefficient (Wildman–Crippen LogP) is 2.36. The molecule has 0 amide bonds. The maximum atomic E-state index is 11.9. The van der Waals surface area contributed by atoms with Gasteiger partial charge in [-0.2, -0.15) is 5.26 Å². The fourth-order valence-corrected chi connectivity index (χ4v) is 1.61. The van der Waals surface area contributed by atoms with Gasteiger partial charge in [0.05, 0.1) is 18.7 Å². The average molecular weight is 281 g/mol. The van der Waals surface area contributed by atoms with Crippen molar-refractivity contribution in [1.29, 1.82) is 5.26 Å². The second-order valence-corrected chi connectivity index (χ2v) is 4.08. The average Bonchev–Trinajstić information content (AvgIpc) is 2.55. The van der Waals surface area contributed by atoms with E-state index < -0.39 is 11.8 Å². The number of nitrogens with zero attached hydrogens (tertiary/aromatic N) is 1. The lowest BCUT2D eigenvalue weighted by atomic mass is 10.1. The van der Waals surface area contributed by atoms with Crippen LogP contribution in [0.3, 0.4) is 0 Å². The highest BCUT2D eigenvalue weighted by Crippen LogP contribution is 2.15. The van der Waals surface area contributed by atoms with Crippen molar-refractivity contribution in [3.8, 4) is 17.6 Å². The minimum Gasteiger partial charge on any atom is -0.497 e. The summed E-state index contributed by atoms with van der Waals surface area (Å²) in [4.78, 5) is 23.7. The van der Waals surface area contributed by atoms with Crippen LogP contribution in [0, 0.1) is 11.3 Å². The van der Waals surface area contributed by atoms with Gasteiger partial charge in [-0.3, -0.25) is 4.79 Å². The van der Waals surface area contributed by atoms with Gasteiger partial charge in [-0.25, -0.2) is 4.79 Å². The summed E-state index contributed by atoms with van der Waals surface area (Å²) in [5.41, 5.74) is 0.658. The smallest absolute Gasteiger partial charge is 0.385 e. The van der Waals surface area contributed by atoms with Crippen molar-refractivity contribution < 1.29 is 19.1 Å². The van der Waals surface area contributed by atoms with Crippen LogP contribution in [0.4, 0.5) is 0 Å². The SMILES string of the molecule is COc1ccc(C(=O)C(=O)Oc2ccc(C#N)cc2)cc1. The second kappa shape index (κ2) is 6.35. The van der Waals surface area contributed by atoms with Crippen LogP contribution in [-0.4, -0.2) is 18.9 Å². The van der Waals surface area contributed by atoms with Crippen molar-refractivity contribution in [3.05, 3.63) is 59.7 Å². The van der Waals surface area contributed by atoms with Gasteiger partial charge in [0.2, 0.25) is 0 Å². The normalized spacial score (nSPS) is 9.52. The van der Waals surface area contributed by atoms with Crippen molar-refractivity contribution in [2.45, 2.75) is 0 Å². The molecule has 2 aromatic rings. The zero-order valence-corrected chi connectivity index (χ0v) is 11.2. The molecular formula is C16H11NO4. The highest BCUT2D eigenvalue weighted by molar-refractivity contribution is 6.41. The Morgan fingerprint density at radius 3 is 2.05 bits per heavy atom. The van der Waals surface area contributed by atoms with Gasteiger partial charge in [0.25, 0.3) is 5.78 Å². The molecule has 5 heteroatoms. The van der Waals surface area contributed by atoms with Crippen LogP contribution >= 0.6 is 0 Å². The van der Waals surface area contributed by atoms with Crippen molar-refractivity contribution in [3.63, 3.8) is 0 Å². The van der Waals surface area contributed by atoms with Crippen molar-refractivity contribution in [2.24, 2.45) is 0 Å². The van der Waals surface area contributed by atoms with Crippen molar-refractivity contribution in [2.75, 3.05) is 7.11 Å². The fraction of sp³-hybridized carbons (Fsp3) is 0.0625. The summed E-state index contributed by atoms with van der Waals surface area (Å²) in [5, 5.41) is 8.67. The minimum absolute atomic E-state index is 0.209. The van der Waals surface area contributed by atoms with Gasteiger partial charge in [0, 0.05) is 5.56 Å². The van der Waals surface area contributed by atoms with Gasteiger partial charge in [0.15, 0.2) is 0 Å². The highest BCUT2D eigenvalue weighted by Gasteiger charge is 2.18. The number of rotatable bonds is 4. The monoisotopic (exact) mass is 281 g/mol. The summed E-state index contributed by atoms with van der Waals surface area (Å²) in [6.45, 7) is 0. The lowest BCUT2D eigenvalue weighted by Gasteiger charge is -2.04. The molecule has 104 valence electrons. The lowest BCUT2D eigenvalue weighted by molar-refractivity contribution is -0.129. The molecule has 0 bridgehead atoms. The first kappa shape index (κ1) is 14.3. The van der Waals surface area contributed by atoms with Crippen LogP contribution in [0.1, 0.15) is 15.9 Å². The molecule has 0 N–H and O–H groups in total. The van der Waals surface area contributed by atoms with Gasteiger partial charge >= 0.3 is 5.97 Å². The van der Waals surface area contributed by atoms with Gasteiger partial charge in [-0.15, -0.1) is 0 Å². The van der Waals surface area contributed by atoms with E-state index in [1.54, 1.807) is 12.1 Å². The third-order valence-electron chi connectivity index (χ3n) is 2.73. The Balaban J connectivity index is 2.07. The Labute approximate surface area is 121 Å². The predicted molar refractivity (Wildman–Crippen MR) is 74.1 cm³/mol. The molecule has 0 heterocycles. The van der Waals surface area contributed by atoms with Crippen molar-refractivity contribution in [1.82, 2.24) is 0 Å². The standard InChI is InChI=1S/C16H11NO4/c1-20-13-8-4-12(5-9-13)15(18)16(19)21-14-6-2-11(10-17)3-7-14/h2-9H,1H3. The fourth-order valence-electron chi connectivity index (χ4n) is 1.61.